The first kappa shape index (κ1) is 7.88. The normalized spacial score (nSPS) is 9.44. The van der Waals surface area contributed by atoms with Gasteiger partial charge in [-0.3, -0.25) is 9.59 Å². The van der Waals surface area contributed by atoms with Gasteiger partial charge in [0.25, 0.3) is 0 Å². The molecule has 0 aliphatic heterocycles. The van der Waals surface area contributed by atoms with Gasteiger partial charge in [-0.05, 0) is 13.0 Å². The van der Waals surface area contributed by atoms with Gasteiger partial charge >= 0.3 is 0 Å². The number of amides is 1. The second-order valence-electron chi connectivity index (χ2n) is 1.39. The van der Waals surface area contributed by atoms with Crippen molar-refractivity contribution in [1.29, 1.82) is 0 Å². The summed E-state index contributed by atoms with van der Waals surface area (Å²) in [7, 11) is 0. The Morgan fingerprint density at radius 2 is 2.33 bits per heavy atom. The number of rotatable bonds is 3. The highest BCUT2D eigenvalue weighted by atomic mass is 16.1. The molecule has 0 atom stereocenters. The zero-order valence-electron chi connectivity index (χ0n) is 5.26. The summed E-state index contributed by atoms with van der Waals surface area (Å²) in [6.07, 6.45) is 2.91. The fourth-order valence-electron chi connectivity index (χ4n) is 0.360. The molecule has 0 aromatic carbocycles. The van der Waals surface area contributed by atoms with Crippen molar-refractivity contribution in [1.82, 2.24) is 5.32 Å². The first-order chi connectivity index (χ1) is 4.31. The highest BCUT2D eigenvalue weighted by Crippen LogP contribution is 1.67. The molecule has 0 aliphatic carbocycles. The van der Waals surface area contributed by atoms with Crippen molar-refractivity contribution in [2.45, 2.75) is 6.92 Å². The number of hydrogen-bond acceptors (Lipinski definition) is 2. The van der Waals surface area contributed by atoms with Crippen molar-refractivity contribution in [2.75, 3.05) is 6.54 Å². The van der Waals surface area contributed by atoms with Crippen LogP contribution in [-0.2, 0) is 9.59 Å². The fraction of sp³-hybridized carbons (Fsp3) is 0.333. The first-order valence-corrected chi connectivity index (χ1v) is 2.71. The molecule has 3 nitrogen and oxygen atoms in total. The van der Waals surface area contributed by atoms with Gasteiger partial charge in [-0.15, -0.1) is 0 Å². The molecule has 9 heavy (non-hydrogen) atoms. The zero-order chi connectivity index (χ0) is 7.11. The third-order valence-corrected chi connectivity index (χ3v) is 0.677. The number of nitrogens with one attached hydrogen (secondary N) is 1. The summed E-state index contributed by atoms with van der Waals surface area (Å²) in [4.78, 5) is 20.1. The van der Waals surface area contributed by atoms with E-state index in [1.165, 1.54) is 6.08 Å². The van der Waals surface area contributed by atoms with Gasteiger partial charge in [-0.1, -0.05) is 0 Å². The standard InChI is InChI=1S/C6H9NO2/c1-2-7-6(9)4-3-5-8/h3-5H,2H2,1H3,(H,7,9)/b4-3+. The summed E-state index contributed by atoms with van der Waals surface area (Å²) in [6.45, 7) is 2.40. The molecule has 0 aromatic heterocycles. The number of carbonyl (C=O) groups excluding carboxylic acids is 2. The molecular formula is C6H9NO2. The summed E-state index contributed by atoms with van der Waals surface area (Å²) >= 11 is 0. The predicted molar refractivity (Wildman–Crippen MR) is 33.9 cm³/mol. The van der Waals surface area contributed by atoms with Crippen LogP contribution in [0.5, 0.6) is 0 Å². The SMILES string of the molecule is CCNC(=O)/C=C/C=O. The number of likely N-dealkylation sites (N-methyl/N-ethyl adjacent to an activating group) is 1. The lowest BCUT2D eigenvalue weighted by atomic mass is 10.5. The molecular weight excluding hydrogens is 118 g/mol. The van der Waals surface area contributed by atoms with Crippen LogP contribution in [0, 0.1) is 0 Å². The maximum absolute atomic E-state index is 10.4. The van der Waals surface area contributed by atoms with E-state index in [0.717, 1.165) is 6.08 Å². The molecule has 0 aliphatic rings. The minimum absolute atomic E-state index is 0.232. The van der Waals surface area contributed by atoms with E-state index >= 15 is 0 Å². The van der Waals surface area contributed by atoms with Gasteiger partial charge in [0, 0.05) is 12.6 Å². The van der Waals surface area contributed by atoms with E-state index in [-0.39, 0.29) is 5.91 Å². The molecule has 0 saturated heterocycles. The average molecular weight is 127 g/mol. The van der Waals surface area contributed by atoms with Gasteiger partial charge in [-0.2, -0.15) is 0 Å². The summed E-state index contributed by atoms with van der Waals surface area (Å²) in [5, 5.41) is 2.50. The topological polar surface area (TPSA) is 46.2 Å². The number of hydrogen-bond donors (Lipinski definition) is 1. The number of aldehydes is 1. The molecule has 0 spiro atoms. The second kappa shape index (κ2) is 5.03. The molecule has 1 N–H and O–H groups in total. The summed E-state index contributed by atoms with van der Waals surface area (Å²) in [5.74, 6) is -0.232. The van der Waals surface area contributed by atoms with Gasteiger partial charge < -0.3 is 5.32 Å². The molecule has 0 saturated carbocycles. The third kappa shape index (κ3) is 4.74. The summed E-state index contributed by atoms with van der Waals surface area (Å²) in [5.41, 5.74) is 0. The lowest BCUT2D eigenvalue weighted by molar-refractivity contribution is -0.116. The highest BCUT2D eigenvalue weighted by molar-refractivity contribution is 5.90. The maximum Gasteiger partial charge on any atom is 0.244 e. The van der Waals surface area contributed by atoms with Crippen molar-refractivity contribution in [3.63, 3.8) is 0 Å². The summed E-state index contributed by atoms with van der Waals surface area (Å²) < 4.78 is 0. The lowest BCUT2D eigenvalue weighted by Gasteiger charge is -1.91. The average Bonchev–Trinajstić information content (AvgIpc) is 1.85. The van der Waals surface area contributed by atoms with Gasteiger partial charge in [0.1, 0.15) is 6.29 Å². The maximum atomic E-state index is 10.4. The smallest absolute Gasteiger partial charge is 0.244 e. The molecule has 50 valence electrons. The highest BCUT2D eigenvalue weighted by Gasteiger charge is 1.86. The monoisotopic (exact) mass is 127 g/mol. The van der Waals surface area contributed by atoms with Crippen molar-refractivity contribution < 1.29 is 9.59 Å². The van der Waals surface area contributed by atoms with Crippen molar-refractivity contribution in [3.8, 4) is 0 Å². The van der Waals surface area contributed by atoms with Crippen LogP contribution in [0.15, 0.2) is 12.2 Å². The van der Waals surface area contributed by atoms with Crippen LogP contribution in [0.3, 0.4) is 0 Å². The zero-order valence-corrected chi connectivity index (χ0v) is 5.26. The molecule has 0 unspecified atom stereocenters. The van der Waals surface area contributed by atoms with Crippen LogP contribution in [0.2, 0.25) is 0 Å². The van der Waals surface area contributed by atoms with Crippen LogP contribution < -0.4 is 5.32 Å². The Morgan fingerprint density at radius 3 is 2.78 bits per heavy atom. The van der Waals surface area contributed by atoms with E-state index in [2.05, 4.69) is 5.32 Å². The van der Waals surface area contributed by atoms with Gasteiger partial charge in [-0.25, -0.2) is 0 Å². The Bertz CT molecular complexity index is 129. The minimum Gasteiger partial charge on any atom is -0.353 e. The van der Waals surface area contributed by atoms with Crippen molar-refractivity contribution >= 4 is 12.2 Å². The van der Waals surface area contributed by atoms with E-state index in [1.807, 2.05) is 6.92 Å². The number of allylic oxidation sites excluding steroid dienone is 1. The number of carbonyl (C=O) groups is 2. The van der Waals surface area contributed by atoms with Gasteiger partial charge in [0.2, 0.25) is 5.91 Å². The Balaban J connectivity index is 3.49. The van der Waals surface area contributed by atoms with E-state index in [0.29, 0.717) is 12.8 Å². The second-order valence-corrected chi connectivity index (χ2v) is 1.39. The van der Waals surface area contributed by atoms with Crippen molar-refractivity contribution in [2.24, 2.45) is 0 Å². The van der Waals surface area contributed by atoms with E-state index in [1.54, 1.807) is 0 Å². The van der Waals surface area contributed by atoms with E-state index < -0.39 is 0 Å². The quantitative estimate of drug-likeness (QED) is 0.424. The molecule has 3 heteroatoms. The van der Waals surface area contributed by atoms with Crippen LogP contribution >= 0.6 is 0 Å². The Labute approximate surface area is 53.7 Å². The summed E-state index contributed by atoms with van der Waals surface area (Å²) in [6, 6.07) is 0. The van der Waals surface area contributed by atoms with E-state index in [4.69, 9.17) is 0 Å². The van der Waals surface area contributed by atoms with Gasteiger partial charge in [0.05, 0.1) is 0 Å². The predicted octanol–water partition coefficient (Wildman–Crippen LogP) is -0.122. The lowest BCUT2D eigenvalue weighted by Crippen LogP contribution is -2.19. The Kier molecular flexibility index (Phi) is 4.40. The largest absolute Gasteiger partial charge is 0.353 e. The van der Waals surface area contributed by atoms with Crippen molar-refractivity contribution in [3.05, 3.63) is 12.2 Å². The third-order valence-electron chi connectivity index (χ3n) is 0.677. The molecule has 0 radical (unpaired) electrons. The Morgan fingerprint density at radius 1 is 1.67 bits per heavy atom. The van der Waals surface area contributed by atoms with Crippen LogP contribution in [0.4, 0.5) is 0 Å². The minimum atomic E-state index is -0.232. The van der Waals surface area contributed by atoms with Crippen LogP contribution in [0.25, 0.3) is 0 Å². The molecule has 0 heterocycles. The first-order valence-electron chi connectivity index (χ1n) is 2.71. The molecule has 1 amide bonds. The fourth-order valence-corrected chi connectivity index (χ4v) is 0.360. The Hall–Kier alpha value is -1.12. The molecule has 0 aromatic rings. The van der Waals surface area contributed by atoms with Crippen LogP contribution in [-0.4, -0.2) is 18.7 Å². The van der Waals surface area contributed by atoms with Gasteiger partial charge in [0.15, 0.2) is 0 Å². The molecule has 0 bridgehead atoms. The van der Waals surface area contributed by atoms with E-state index in [9.17, 15) is 9.59 Å². The van der Waals surface area contributed by atoms with Crippen LogP contribution in [0.1, 0.15) is 6.92 Å². The molecule has 0 rings (SSSR count). The molecule has 0 fully saturated rings.